The van der Waals surface area contributed by atoms with Gasteiger partial charge in [0.1, 0.15) is 12.4 Å². The zero-order valence-corrected chi connectivity index (χ0v) is 33.6. The molecule has 0 fully saturated rings. The standard InChI is InChI=1S/C39H36F8N4O2.C4H6O6/c1-3-49(4-2)20-21-50(23-25-8-10-26(11-9-25)27-12-15-29(16-13-27)38(42,43)44)35(52)24-51-33-22-30(39(45,46)47)17-18-31(33)37(53)48-34(51)19-14-28-6-5-7-32(40)36(28)41;5-1(3(7)8)2(6)4(9)10/h5-13,15-18,22H,3-4,14,19-21,23-24H2,1-2H3;1-2,5-6H,(H,7,8)(H,9,10)/t;1-,2-/m.1/s1. The van der Waals surface area contributed by atoms with E-state index in [1.807, 2.05) is 13.8 Å². The Bertz CT molecular complexity index is 2420. The number of aromatic nitrogens is 2. The fourth-order valence-corrected chi connectivity index (χ4v) is 6.32. The van der Waals surface area contributed by atoms with Gasteiger partial charge in [-0.2, -0.15) is 31.3 Å². The molecular formula is C43H42F8N4O8. The first kappa shape index (κ1) is 49.4. The molecule has 0 bridgehead atoms. The summed E-state index contributed by atoms with van der Waals surface area (Å²) < 4.78 is 110. The molecule has 1 amide bonds. The topological polar surface area (TPSA) is 174 Å². The number of carbonyl (C=O) groups excluding carboxylic acids is 1. The number of nitrogens with zero attached hydrogens (tertiary/aromatic N) is 4. The van der Waals surface area contributed by atoms with Crippen LogP contribution in [0.3, 0.4) is 0 Å². The maximum Gasteiger partial charge on any atom is 0.416 e. The maximum absolute atomic E-state index is 14.5. The minimum Gasteiger partial charge on any atom is -0.479 e. The van der Waals surface area contributed by atoms with E-state index in [4.69, 9.17) is 20.4 Å². The number of carboxylic acid groups (broad SMARTS) is 2. The van der Waals surface area contributed by atoms with E-state index >= 15 is 0 Å². The summed E-state index contributed by atoms with van der Waals surface area (Å²) in [5.74, 6) is -6.32. The molecule has 4 N–H and O–H groups in total. The number of hydrogen-bond donors (Lipinski definition) is 4. The van der Waals surface area contributed by atoms with Crippen LogP contribution in [0, 0.1) is 11.6 Å². The largest absolute Gasteiger partial charge is 0.479 e. The molecule has 0 unspecified atom stereocenters. The first-order chi connectivity index (χ1) is 29.5. The molecule has 0 radical (unpaired) electrons. The molecule has 20 heteroatoms. The highest BCUT2D eigenvalue weighted by molar-refractivity contribution is 5.83. The number of amides is 1. The van der Waals surface area contributed by atoms with Crippen LogP contribution < -0.4 is 5.56 Å². The van der Waals surface area contributed by atoms with Gasteiger partial charge in [0.15, 0.2) is 23.8 Å². The van der Waals surface area contributed by atoms with E-state index in [9.17, 15) is 54.3 Å². The second-order valence-corrected chi connectivity index (χ2v) is 14.0. The van der Waals surface area contributed by atoms with E-state index in [2.05, 4.69) is 9.88 Å². The summed E-state index contributed by atoms with van der Waals surface area (Å²) >= 11 is 0. The molecule has 12 nitrogen and oxygen atoms in total. The first-order valence-electron chi connectivity index (χ1n) is 19.2. The zero-order chi connectivity index (χ0) is 46.8. The Hall–Kier alpha value is -6.25. The summed E-state index contributed by atoms with van der Waals surface area (Å²) in [6.07, 6.45) is -14.1. The number of carbonyl (C=O) groups is 3. The van der Waals surface area contributed by atoms with Crippen molar-refractivity contribution >= 4 is 28.7 Å². The van der Waals surface area contributed by atoms with Gasteiger partial charge in [-0.25, -0.2) is 18.4 Å². The average Bonchev–Trinajstić information content (AvgIpc) is 3.24. The van der Waals surface area contributed by atoms with Crippen LogP contribution in [-0.2, 0) is 52.7 Å². The lowest BCUT2D eigenvalue weighted by Gasteiger charge is -2.28. The van der Waals surface area contributed by atoms with Gasteiger partial charge < -0.3 is 34.8 Å². The summed E-state index contributed by atoms with van der Waals surface area (Å²) in [6.45, 7) is 5.55. The van der Waals surface area contributed by atoms with Gasteiger partial charge in [0.25, 0.3) is 5.56 Å². The molecule has 0 saturated carbocycles. The Kier molecular flexibility index (Phi) is 16.6. The SMILES string of the molecule is CCN(CC)CCN(Cc1ccc(-c2ccc(C(F)(F)F)cc2)cc1)C(=O)Cn1c(CCc2cccc(F)c2F)nc(=O)c2ccc(C(F)(F)F)cc21.O=C(O)[C@H](O)[C@@H](O)C(=O)O. The number of rotatable bonds is 16. The lowest BCUT2D eigenvalue weighted by atomic mass is 10.0. The van der Waals surface area contributed by atoms with E-state index in [0.29, 0.717) is 36.3 Å². The number of likely N-dealkylation sites (N-methyl/N-ethyl adjacent to an activating group) is 1. The van der Waals surface area contributed by atoms with Gasteiger partial charge in [-0.15, -0.1) is 0 Å². The van der Waals surface area contributed by atoms with Crippen molar-refractivity contribution < 1.29 is 69.9 Å². The summed E-state index contributed by atoms with van der Waals surface area (Å²) in [4.78, 5) is 54.5. The van der Waals surface area contributed by atoms with Crippen molar-refractivity contribution in [2.45, 2.75) is 64.3 Å². The molecule has 63 heavy (non-hydrogen) atoms. The molecule has 0 aliphatic carbocycles. The van der Waals surface area contributed by atoms with Crippen LogP contribution in [-0.4, -0.2) is 96.0 Å². The normalized spacial score (nSPS) is 12.7. The molecule has 0 saturated heterocycles. The van der Waals surface area contributed by atoms with Crippen molar-refractivity contribution in [2.75, 3.05) is 26.2 Å². The zero-order valence-electron chi connectivity index (χ0n) is 33.6. The number of hydrogen-bond acceptors (Lipinski definition) is 8. The Morgan fingerprint density at radius 2 is 1.27 bits per heavy atom. The van der Waals surface area contributed by atoms with Gasteiger partial charge >= 0.3 is 24.3 Å². The second-order valence-electron chi connectivity index (χ2n) is 14.0. The number of aliphatic carboxylic acids is 2. The summed E-state index contributed by atoms with van der Waals surface area (Å²) in [7, 11) is 0. The Morgan fingerprint density at radius 1 is 0.730 bits per heavy atom. The van der Waals surface area contributed by atoms with Crippen LogP contribution >= 0.6 is 0 Å². The number of aryl methyl sites for hydroxylation is 2. The highest BCUT2D eigenvalue weighted by Gasteiger charge is 2.32. The molecule has 0 aliphatic heterocycles. The maximum atomic E-state index is 14.5. The summed E-state index contributed by atoms with van der Waals surface area (Å²) in [5, 5.41) is 32.4. The fraction of sp³-hybridized carbons (Fsp3) is 0.326. The molecule has 0 aliphatic rings. The molecule has 1 heterocycles. The molecule has 1 aromatic heterocycles. The summed E-state index contributed by atoms with van der Waals surface area (Å²) in [5.41, 5.74) is -1.00. The third kappa shape index (κ3) is 13.1. The predicted molar refractivity (Wildman–Crippen MR) is 212 cm³/mol. The van der Waals surface area contributed by atoms with Crippen molar-refractivity contribution in [3.63, 3.8) is 0 Å². The number of alkyl halides is 6. The number of aliphatic hydroxyl groups is 2. The number of halogens is 8. The summed E-state index contributed by atoms with van der Waals surface area (Å²) in [6, 6.07) is 17.7. The van der Waals surface area contributed by atoms with Crippen molar-refractivity contribution in [3.05, 3.63) is 135 Å². The third-order valence-corrected chi connectivity index (χ3v) is 9.94. The second kappa shape index (κ2) is 21.2. The number of fused-ring (bicyclic) bond motifs is 1. The van der Waals surface area contributed by atoms with Gasteiger partial charge in [0.2, 0.25) is 5.91 Å². The monoisotopic (exact) mass is 894 g/mol. The highest BCUT2D eigenvalue weighted by atomic mass is 19.4. The van der Waals surface area contributed by atoms with Crippen LogP contribution in [0.5, 0.6) is 0 Å². The third-order valence-electron chi connectivity index (χ3n) is 9.94. The van der Waals surface area contributed by atoms with Gasteiger partial charge in [-0.3, -0.25) is 9.59 Å². The van der Waals surface area contributed by atoms with Gasteiger partial charge in [0.05, 0.1) is 22.0 Å². The van der Waals surface area contributed by atoms with Crippen molar-refractivity contribution in [1.29, 1.82) is 0 Å². The Labute approximate surface area is 354 Å². The molecule has 5 aromatic rings. The number of carboxylic acids is 2. The van der Waals surface area contributed by atoms with E-state index in [0.717, 1.165) is 36.4 Å². The van der Waals surface area contributed by atoms with Crippen molar-refractivity contribution in [3.8, 4) is 11.1 Å². The van der Waals surface area contributed by atoms with E-state index in [1.165, 1.54) is 33.7 Å². The van der Waals surface area contributed by atoms with Crippen LogP contribution in [0.15, 0.2) is 89.7 Å². The number of aliphatic hydroxyl groups excluding tert-OH is 2. The van der Waals surface area contributed by atoms with Gasteiger partial charge in [0, 0.05) is 26.1 Å². The molecule has 4 aromatic carbocycles. The van der Waals surface area contributed by atoms with Crippen LogP contribution in [0.2, 0.25) is 0 Å². The lowest BCUT2D eigenvalue weighted by molar-refractivity contribution is -0.165. The van der Waals surface area contributed by atoms with E-state index in [-0.39, 0.29) is 48.2 Å². The van der Waals surface area contributed by atoms with E-state index < -0.39 is 77.3 Å². The van der Waals surface area contributed by atoms with Gasteiger partial charge in [-0.1, -0.05) is 62.4 Å². The van der Waals surface area contributed by atoms with Crippen molar-refractivity contribution in [2.24, 2.45) is 0 Å². The molecule has 2 atom stereocenters. The highest BCUT2D eigenvalue weighted by Crippen LogP contribution is 2.32. The van der Waals surface area contributed by atoms with Crippen LogP contribution in [0.1, 0.15) is 41.9 Å². The Morgan fingerprint density at radius 3 is 1.79 bits per heavy atom. The van der Waals surface area contributed by atoms with Crippen LogP contribution in [0.4, 0.5) is 35.1 Å². The smallest absolute Gasteiger partial charge is 0.416 e. The van der Waals surface area contributed by atoms with Crippen molar-refractivity contribution in [1.82, 2.24) is 19.4 Å². The lowest BCUT2D eigenvalue weighted by Crippen LogP contribution is -2.40. The predicted octanol–water partition coefficient (Wildman–Crippen LogP) is 6.41. The van der Waals surface area contributed by atoms with Gasteiger partial charge in [-0.05, 0) is 78.2 Å². The minimum absolute atomic E-state index is 0.0399. The average molecular weight is 895 g/mol. The molecular weight excluding hydrogens is 852 g/mol. The molecule has 338 valence electrons. The number of benzene rings is 4. The minimum atomic E-state index is -4.77. The molecule has 5 rings (SSSR count). The van der Waals surface area contributed by atoms with Crippen LogP contribution in [0.25, 0.3) is 22.0 Å². The molecule has 0 spiro atoms. The first-order valence-corrected chi connectivity index (χ1v) is 19.2. The fourth-order valence-electron chi connectivity index (χ4n) is 6.32. The van der Waals surface area contributed by atoms with E-state index in [1.54, 1.807) is 24.3 Å². The Balaban J connectivity index is 0.000000775. The quantitative estimate of drug-likeness (QED) is 0.0811.